The van der Waals surface area contributed by atoms with Crippen molar-refractivity contribution in [2.75, 3.05) is 13.2 Å². The van der Waals surface area contributed by atoms with E-state index in [1.807, 2.05) is 0 Å². The van der Waals surface area contributed by atoms with Crippen LogP contribution < -0.4 is 0 Å². The van der Waals surface area contributed by atoms with Crippen molar-refractivity contribution in [2.24, 2.45) is 0 Å². The molecule has 0 N–H and O–H groups in total. The number of carbonyl (C=O) groups excluding carboxylic acids is 3. The van der Waals surface area contributed by atoms with Crippen molar-refractivity contribution in [3.63, 3.8) is 0 Å². The molecule has 0 radical (unpaired) electrons. The second-order valence-electron chi connectivity index (χ2n) is 22.4. The van der Waals surface area contributed by atoms with E-state index < -0.39 is 6.10 Å². The molecule has 0 amide bonds. The van der Waals surface area contributed by atoms with Gasteiger partial charge in [0.15, 0.2) is 6.10 Å². The first kappa shape index (κ1) is 74.6. The van der Waals surface area contributed by atoms with Gasteiger partial charge in [0, 0.05) is 19.3 Å². The summed E-state index contributed by atoms with van der Waals surface area (Å²) in [5.74, 6) is -0.878. The number of hydrogen-bond acceptors (Lipinski definition) is 6. The molecule has 0 saturated heterocycles. The molecule has 0 aromatic heterocycles. The van der Waals surface area contributed by atoms with Crippen LogP contribution in [0.3, 0.4) is 0 Å². The van der Waals surface area contributed by atoms with E-state index in [-0.39, 0.29) is 31.1 Å². The number of hydrogen-bond donors (Lipinski definition) is 0. The van der Waals surface area contributed by atoms with E-state index in [1.54, 1.807) is 0 Å². The van der Waals surface area contributed by atoms with Gasteiger partial charge >= 0.3 is 17.9 Å². The third-order valence-corrected chi connectivity index (χ3v) is 14.7. The second kappa shape index (κ2) is 66.1. The number of unbranched alkanes of at least 4 members (excludes halogenated alkanes) is 36. The molecule has 0 rings (SSSR count). The minimum Gasteiger partial charge on any atom is -0.462 e. The zero-order valence-electron chi connectivity index (χ0n) is 51.7. The third-order valence-electron chi connectivity index (χ3n) is 14.7. The minimum atomic E-state index is -0.783. The Morgan fingerprint density at radius 1 is 0.269 bits per heavy atom. The largest absolute Gasteiger partial charge is 0.462 e. The average molecular weight is 1090 g/mol. The van der Waals surface area contributed by atoms with E-state index in [1.165, 1.54) is 173 Å². The number of ether oxygens (including phenoxy) is 3. The first-order valence-corrected chi connectivity index (χ1v) is 33.6. The summed E-state index contributed by atoms with van der Waals surface area (Å²) < 4.78 is 17.0. The van der Waals surface area contributed by atoms with E-state index >= 15 is 0 Å². The Hall–Kier alpha value is -3.41. The van der Waals surface area contributed by atoms with Crippen LogP contribution in [0.2, 0.25) is 0 Å². The van der Waals surface area contributed by atoms with E-state index in [0.717, 1.165) is 122 Å². The maximum Gasteiger partial charge on any atom is 0.306 e. The Kier molecular flexibility index (Phi) is 63.2. The summed E-state index contributed by atoms with van der Waals surface area (Å²) in [7, 11) is 0. The maximum atomic E-state index is 12.9. The van der Waals surface area contributed by atoms with Crippen LogP contribution in [-0.4, -0.2) is 37.2 Å². The van der Waals surface area contributed by atoms with E-state index in [4.69, 9.17) is 14.2 Å². The fraction of sp³-hybridized carbons (Fsp3) is 0.764. The third kappa shape index (κ3) is 63.4. The predicted octanol–water partition coefficient (Wildman–Crippen LogP) is 23.1. The van der Waals surface area contributed by atoms with Gasteiger partial charge in [0.05, 0.1) is 0 Å². The molecular weight excluding hydrogens is 961 g/mol. The van der Waals surface area contributed by atoms with Crippen LogP contribution >= 0.6 is 0 Å². The molecule has 78 heavy (non-hydrogen) atoms. The van der Waals surface area contributed by atoms with Gasteiger partial charge in [-0.1, -0.05) is 324 Å². The molecular formula is C72H126O6. The Balaban J connectivity index is 4.36. The van der Waals surface area contributed by atoms with Crippen LogP contribution in [0.5, 0.6) is 0 Å². The summed E-state index contributed by atoms with van der Waals surface area (Å²) >= 11 is 0. The molecule has 6 heteroatoms. The summed E-state index contributed by atoms with van der Waals surface area (Å²) in [5.41, 5.74) is 0. The number of allylic oxidation sites excluding steroid dienone is 14. The first-order chi connectivity index (χ1) is 38.5. The lowest BCUT2D eigenvalue weighted by molar-refractivity contribution is -0.167. The van der Waals surface area contributed by atoms with E-state index in [9.17, 15) is 14.4 Å². The number of rotatable bonds is 61. The molecule has 0 aliphatic carbocycles. The molecule has 6 nitrogen and oxygen atoms in total. The highest BCUT2D eigenvalue weighted by Gasteiger charge is 2.19. The SMILES string of the molecule is CC/C=C\C/C=C\C/C=C\C/C=C\C/C=C\C/C=C\C/C=C\CCCCCCCC(=O)OCC(COC(=O)CCCCCCCCCCCCCCCCCC)OC(=O)CCCCCCCCCCCCCCCCCCC. The van der Waals surface area contributed by atoms with E-state index in [2.05, 4.69) is 106 Å². The van der Waals surface area contributed by atoms with Gasteiger partial charge in [-0.15, -0.1) is 0 Å². The van der Waals surface area contributed by atoms with Crippen molar-refractivity contribution in [2.45, 2.75) is 341 Å². The lowest BCUT2D eigenvalue weighted by atomic mass is 10.0. The number of esters is 3. The van der Waals surface area contributed by atoms with Gasteiger partial charge in [0.1, 0.15) is 13.2 Å². The smallest absolute Gasteiger partial charge is 0.306 e. The van der Waals surface area contributed by atoms with Crippen molar-refractivity contribution >= 4 is 17.9 Å². The molecule has 450 valence electrons. The van der Waals surface area contributed by atoms with Crippen molar-refractivity contribution in [1.82, 2.24) is 0 Å². The number of carbonyl (C=O) groups is 3. The Labute approximate surface area is 484 Å². The Morgan fingerprint density at radius 3 is 0.782 bits per heavy atom. The Bertz CT molecular complexity index is 1480. The molecule has 0 saturated carbocycles. The van der Waals surface area contributed by atoms with Gasteiger partial charge in [0.25, 0.3) is 0 Å². The zero-order chi connectivity index (χ0) is 56.4. The summed E-state index contributed by atoms with van der Waals surface area (Å²) in [6.45, 7) is 6.56. The van der Waals surface area contributed by atoms with Crippen molar-refractivity contribution in [1.29, 1.82) is 0 Å². The molecule has 0 aliphatic heterocycles. The standard InChI is InChI=1S/C72H126O6/c1-4-7-10-13-16-19-22-25-28-31-32-33-34-35-36-37-38-39-40-42-44-47-50-53-56-59-62-65-71(74)77-68-69(67-76-70(73)64-61-58-55-52-49-46-43-30-27-24-21-18-15-12-9-6-3)78-72(75)66-63-60-57-54-51-48-45-41-29-26-23-20-17-14-11-8-5-2/h7,10,16,19,25,28,32-33,35-36,38-39,42,44,69H,4-6,8-9,11-15,17-18,20-24,26-27,29-31,34,37,40-41,43,45-68H2,1-3H3/b10-7-,19-16-,28-25-,33-32-,36-35-,39-38-,44-42-. The van der Waals surface area contributed by atoms with Crippen molar-refractivity contribution in [3.05, 3.63) is 85.1 Å². The molecule has 1 unspecified atom stereocenters. The average Bonchev–Trinajstić information content (AvgIpc) is 3.44. The molecule has 0 aromatic rings. The monoisotopic (exact) mass is 1090 g/mol. The van der Waals surface area contributed by atoms with Gasteiger partial charge in [0.2, 0.25) is 0 Å². The first-order valence-electron chi connectivity index (χ1n) is 33.6. The molecule has 0 spiro atoms. The van der Waals surface area contributed by atoms with Crippen molar-refractivity contribution in [3.8, 4) is 0 Å². The lowest BCUT2D eigenvalue weighted by Gasteiger charge is -2.18. The van der Waals surface area contributed by atoms with Crippen LogP contribution in [0.25, 0.3) is 0 Å². The maximum absolute atomic E-state index is 12.9. The van der Waals surface area contributed by atoms with Gasteiger partial charge in [-0.25, -0.2) is 0 Å². The lowest BCUT2D eigenvalue weighted by Crippen LogP contribution is -2.30. The van der Waals surface area contributed by atoms with E-state index in [0.29, 0.717) is 19.3 Å². The summed E-state index contributed by atoms with van der Waals surface area (Å²) in [6.07, 6.45) is 87.3. The highest BCUT2D eigenvalue weighted by molar-refractivity contribution is 5.71. The molecule has 0 aromatic carbocycles. The van der Waals surface area contributed by atoms with Gasteiger partial charge in [-0.3, -0.25) is 14.4 Å². The Morgan fingerprint density at radius 2 is 0.500 bits per heavy atom. The molecule has 1 atom stereocenters. The van der Waals surface area contributed by atoms with Crippen LogP contribution in [0, 0.1) is 0 Å². The predicted molar refractivity (Wildman–Crippen MR) is 339 cm³/mol. The van der Waals surface area contributed by atoms with Crippen LogP contribution in [-0.2, 0) is 28.6 Å². The highest BCUT2D eigenvalue weighted by Crippen LogP contribution is 2.17. The zero-order valence-corrected chi connectivity index (χ0v) is 51.7. The molecule has 0 aliphatic rings. The van der Waals surface area contributed by atoms with Crippen LogP contribution in [0.15, 0.2) is 85.1 Å². The summed E-state index contributed by atoms with van der Waals surface area (Å²) in [4.78, 5) is 38.4. The van der Waals surface area contributed by atoms with Crippen molar-refractivity contribution < 1.29 is 28.6 Å². The fourth-order valence-electron chi connectivity index (χ4n) is 9.66. The fourth-order valence-corrected chi connectivity index (χ4v) is 9.66. The molecule has 0 bridgehead atoms. The second-order valence-corrected chi connectivity index (χ2v) is 22.4. The topological polar surface area (TPSA) is 78.9 Å². The summed E-state index contributed by atoms with van der Waals surface area (Å²) in [6, 6.07) is 0. The quantitative estimate of drug-likeness (QED) is 0.0261. The molecule has 0 heterocycles. The minimum absolute atomic E-state index is 0.0778. The van der Waals surface area contributed by atoms with Gasteiger partial charge in [-0.05, 0) is 77.0 Å². The van der Waals surface area contributed by atoms with Gasteiger partial charge < -0.3 is 14.2 Å². The summed E-state index contributed by atoms with van der Waals surface area (Å²) in [5, 5.41) is 0. The highest BCUT2D eigenvalue weighted by atomic mass is 16.6. The van der Waals surface area contributed by atoms with Crippen LogP contribution in [0.1, 0.15) is 335 Å². The normalized spacial score (nSPS) is 12.6. The van der Waals surface area contributed by atoms with Crippen LogP contribution in [0.4, 0.5) is 0 Å². The van der Waals surface area contributed by atoms with Gasteiger partial charge in [-0.2, -0.15) is 0 Å². The molecule has 0 fully saturated rings.